The molecule has 0 radical (unpaired) electrons. The van der Waals surface area contributed by atoms with Crippen molar-refractivity contribution in [3.8, 4) is 0 Å². The number of methoxy groups -OCH3 is 1. The SMILES string of the molecule is CCCCC(C)NC1CCCCC1OC. The van der Waals surface area contributed by atoms with Gasteiger partial charge in [0, 0.05) is 19.2 Å². The van der Waals surface area contributed by atoms with Crippen LogP contribution in [0.15, 0.2) is 0 Å². The number of rotatable bonds is 6. The van der Waals surface area contributed by atoms with Gasteiger partial charge in [-0.25, -0.2) is 0 Å². The van der Waals surface area contributed by atoms with Crippen LogP contribution in [0.5, 0.6) is 0 Å². The van der Waals surface area contributed by atoms with Gasteiger partial charge in [0.15, 0.2) is 0 Å². The lowest BCUT2D eigenvalue weighted by atomic mass is 9.91. The Kier molecular flexibility index (Phi) is 6.26. The standard InChI is InChI=1S/C13H27NO/c1-4-5-8-11(2)14-12-9-6-7-10-13(12)15-3/h11-14H,4-10H2,1-3H3. The van der Waals surface area contributed by atoms with E-state index in [9.17, 15) is 0 Å². The molecule has 0 spiro atoms. The molecule has 0 heterocycles. The van der Waals surface area contributed by atoms with Gasteiger partial charge < -0.3 is 10.1 Å². The molecule has 0 saturated heterocycles. The highest BCUT2D eigenvalue weighted by molar-refractivity contribution is 4.83. The van der Waals surface area contributed by atoms with Crippen LogP contribution in [0.1, 0.15) is 58.8 Å². The van der Waals surface area contributed by atoms with Gasteiger partial charge in [0.05, 0.1) is 6.10 Å². The third-order valence-corrected chi connectivity index (χ3v) is 3.49. The second kappa shape index (κ2) is 7.24. The van der Waals surface area contributed by atoms with E-state index in [2.05, 4.69) is 19.2 Å². The molecule has 0 aromatic heterocycles. The number of hydrogen-bond acceptors (Lipinski definition) is 2. The molecule has 3 unspecified atom stereocenters. The van der Waals surface area contributed by atoms with Crippen LogP contribution in [-0.2, 0) is 4.74 Å². The van der Waals surface area contributed by atoms with E-state index in [4.69, 9.17) is 4.74 Å². The molecule has 0 amide bonds. The van der Waals surface area contributed by atoms with Crippen molar-refractivity contribution in [1.29, 1.82) is 0 Å². The van der Waals surface area contributed by atoms with Crippen LogP contribution in [0.2, 0.25) is 0 Å². The molecule has 1 N–H and O–H groups in total. The lowest BCUT2D eigenvalue weighted by Gasteiger charge is -2.33. The first kappa shape index (κ1) is 13.0. The highest BCUT2D eigenvalue weighted by Gasteiger charge is 2.25. The van der Waals surface area contributed by atoms with Crippen molar-refractivity contribution < 1.29 is 4.74 Å². The molecule has 1 fully saturated rings. The van der Waals surface area contributed by atoms with Crippen LogP contribution in [0.4, 0.5) is 0 Å². The van der Waals surface area contributed by atoms with E-state index in [0.29, 0.717) is 18.2 Å². The van der Waals surface area contributed by atoms with Crippen molar-refractivity contribution in [1.82, 2.24) is 5.32 Å². The number of ether oxygens (including phenoxy) is 1. The molecule has 15 heavy (non-hydrogen) atoms. The molecule has 2 nitrogen and oxygen atoms in total. The summed E-state index contributed by atoms with van der Waals surface area (Å²) < 4.78 is 5.55. The van der Waals surface area contributed by atoms with E-state index in [0.717, 1.165) is 0 Å². The number of unbranched alkanes of at least 4 members (excludes halogenated alkanes) is 1. The van der Waals surface area contributed by atoms with Gasteiger partial charge in [0.25, 0.3) is 0 Å². The Hall–Kier alpha value is -0.0800. The van der Waals surface area contributed by atoms with E-state index in [-0.39, 0.29) is 0 Å². The zero-order valence-corrected chi connectivity index (χ0v) is 10.6. The fourth-order valence-electron chi connectivity index (χ4n) is 2.53. The molecular weight excluding hydrogens is 186 g/mol. The van der Waals surface area contributed by atoms with Crippen LogP contribution in [0, 0.1) is 0 Å². The second-order valence-electron chi connectivity index (χ2n) is 4.88. The van der Waals surface area contributed by atoms with Crippen molar-refractivity contribution in [2.75, 3.05) is 7.11 Å². The van der Waals surface area contributed by atoms with E-state index >= 15 is 0 Å². The molecule has 2 heteroatoms. The largest absolute Gasteiger partial charge is 0.380 e. The highest BCUT2D eigenvalue weighted by Crippen LogP contribution is 2.21. The Bertz CT molecular complexity index is 161. The van der Waals surface area contributed by atoms with Gasteiger partial charge in [0.1, 0.15) is 0 Å². The summed E-state index contributed by atoms with van der Waals surface area (Å²) in [7, 11) is 1.85. The number of nitrogens with one attached hydrogen (secondary N) is 1. The molecule has 1 rings (SSSR count). The van der Waals surface area contributed by atoms with Crippen molar-refractivity contribution in [3.63, 3.8) is 0 Å². The monoisotopic (exact) mass is 213 g/mol. The lowest BCUT2D eigenvalue weighted by Crippen LogP contribution is -2.46. The van der Waals surface area contributed by atoms with Gasteiger partial charge >= 0.3 is 0 Å². The van der Waals surface area contributed by atoms with Crippen LogP contribution < -0.4 is 5.32 Å². The molecule has 1 aliphatic carbocycles. The molecular formula is C13H27NO. The maximum Gasteiger partial charge on any atom is 0.0724 e. The third-order valence-electron chi connectivity index (χ3n) is 3.49. The Morgan fingerprint density at radius 1 is 1.33 bits per heavy atom. The first-order chi connectivity index (χ1) is 7.27. The predicted octanol–water partition coefficient (Wildman–Crippen LogP) is 3.11. The lowest BCUT2D eigenvalue weighted by molar-refractivity contribution is 0.0380. The van der Waals surface area contributed by atoms with Gasteiger partial charge in [-0.2, -0.15) is 0 Å². The average Bonchev–Trinajstić information content (AvgIpc) is 2.27. The molecule has 90 valence electrons. The van der Waals surface area contributed by atoms with Gasteiger partial charge in [0.2, 0.25) is 0 Å². The zero-order valence-electron chi connectivity index (χ0n) is 10.6. The van der Waals surface area contributed by atoms with Crippen LogP contribution in [-0.4, -0.2) is 25.3 Å². The van der Waals surface area contributed by atoms with Crippen LogP contribution >= 0.6 is 0 Å². The summed E-state index contributed by atoms with van der Waals surface area (Å²) in [5.74, 6) is 0. The minimum atomic E-state index is 0.447. The fraction of sp³-hybridized carbons (Fsp3) is 1.00. The summed E-state index contributed by atoms with van der Waals surface area (Å²) in [6.07, 6.45) is 9.58. The summed E-state index contributed by atoms with van der Waals surface area (Å²) in [5.41, 5.74) is 0. The van der Waals surface area contributed by atoms with E-state index in [1.807, 2.05) is 7.11 Å². The first-order valence-corrected chi connectivity index (χ1v) is 6.56. The minimum Gasteiger partial charge on any atom is -0.380 e. The minimum absolute atomic E-state index is 0.447. The van der Waals surface area contributed by atoms with E-state index < -0.39 is 0 Å². The topological polar surface area (TPSA) is 21.3 Å². The molecule has 0 aromatic carbocycles. The maximum atomic E-state index is 5.55. The van der Waals surface area contributed by atoms with Crippen molar-refractivity contribution in [3.05, 3.63) is 0 Å². The summed E-state index contributed by atoms with van der Waals surface area (Å²) >= 11 is 0. The molecule has 0 bridgehead atoms. The summed E-state index contributed by atoms with van der Waals surface area (Å²) in [6.45, 7) is 4.56. The van der Waals surface area contributed by atoms with Crippen molar-refractivity contribution in [2.24, 2.45) is 0 Å². The van der Waals surface area contributed by atoms with Gasteiger partial charge in [-0.3, -0.25) is 0 Å². The number of hydrogen-bond donors (Lipinski definition) is 1. The Morgan fingerprint density at radius 3 is 2.73 bits per heavy atom. The van der Waals surface area contributed by atoms with Crippen molar-refractivity contribution >= 4 is 0 Å². The zero-order chi connectivity index (χ0) is 11.1. The van der Waals surface area contributed by atoms with E-state index in [1.54, 1.807) is 0 Å². The van der Waals surface area contributed by atoms with Gasteiger partial charge in [-0.15, -0.1) is 0 Å². The quantitative estimate of drug-likeness (QED) is 0.732. The second-order valence-corrected chi connectivity index (χ2v) is 4.88. The fourth-order valence-corrected chi connectivity index (χ4v) is 2.53. The Balaban J connectivity index is 2.27. The smallest absolute Gasteiger partial charge is 0.0724 e. The molecule has 1 saturated carbocycles. The Labute approximate surface area is 94.8 Å². The van der Waals surface area contributed by atoms with Gasteiger partial charge in [-0.1, -0.05) is 32.6 Å². The van der Waals surface area contributed by atoms with Gasteiger partial charge in [-0.05, 0) is 26.2 Å². The third kappa shape index (κ3) is 4.52. The van der Waals surface area contributed by atoms with Crippen LogP contribution in [0.3, 0.4) is 0 Å². The molecule has 3 atom stereocenters. The highest BCUT2D eigenvalue weighted by atomic mass is 16.5. The molecule has 1 aliphatic rings. The predicted molar refractivity (Wildman–Crippen MR) is 65.2 cm³/mol. The molecule has 0 aliphatic heterocycles. The van der Waals surface area contributed by atoms with E-state index in [1.165, 1.54) is 44.9 Å². The first-order valence-electron chi connectivity index (χ1n) is 6.56. The van der Waals surface area contributed by atoms with Crippen molar-refractivity contribution in [2.45, 2.75) is 77.0 Å². The summed E-state index contributed by atoms with van der Waals surface area (Å²) in [5, 5.41) is 3.73. The summed E-state index contributed by atoms with van der Waals surface area (Å²) in [4.78, 5) is 0. The summed E-state index contributed by atoms with van der Waals surface area (Å²) in [6, 6.07) is 1.24. The normalized spacial score (nSPS) is 29.0. The molecule has 0 aromatic rings. The average molecular weight is 213 g/mol. The van der Waals surface area contributed by atoms with Crippen LogP contribution in [0.25, 0.3) is 0 Å². The Morgan fingerprint density at radius 2 is 2.07 bits per heavy atom. The maximum absolute atomic E-state index is 5.55.